The minimum Gasteiger partial charge on any atom is -0.392 e. The molecule has 1 aliphatic rings. The van der Waals surface area contributed by atoms with Gasteiger partial charge in [-0.1, -0.05) is 114 Å². The van der Waals surface area contributed by atoms with Crippen molar-refractivity contribution in [2.24, 2.45) is 0 Å². The molecule has 0 bridgehead atoms. The van der Waals surface area contributed by atoms with E-state index in [1.807, 2.05) is 36.4 Å². The molecule has 0 spiro atoms. The molecule has 1 fully saturated rings. The third-order valence-corrected chi connectivity index (χ3v) is 9.38. The van der Waals surface area contributed by atoms with Gasteiger partial charge in [0.2, 0.25) is 11.8 Å². The van der Waals surface area contributed by atoms with Crippen LogP contribution < -0.4 is 10.8 Å². The Morgan fingerprint density at radius 1 is 0.714 bits per heavy atom. The summed E-state index contributed by atoms with van der Waals surface area (Å²) in [5, 5.41) is 21.1. The predicted molar refractivity (Wildman–Crippen MR) is 195 cm³/mol. The minimum absolute atomic E-state index is 0.00579. The highest BCUT2D eigenvalue weighted by molar-refractivity contribution is 5.90. The number of carbonyl (C=O) groups is 2. The number of benzene rings is 2. The molecule has 274 valence electrons. The van der Waals surface area contributed by atoms with Crippen molar-refractivity contribution in [1.29, 1.82) is 0 Å². The zero-order chi connectivity index (χ0) is 35.1. The second-order valence-corrected chi connectivity index (χ2v) is 13.6. The lowest BCUT2D eigenvalue weighted by molar-refractivity contribution is -0.253. The number of ether oxygens (including phenoxy) is 2. The number of hydroxylamine groups is 1. The average Bonchev–Trinajstić information content (AvgIpc) is 3.13. The molecular weight excluding hydrogens is 618 g/mol. The first-order valence-corrected chi connectivity index (χ1v) is 19.0. The number of nitrogens with zero attached hydrogens (tertiary/aromatic N) is 1. The minimum atomic E-state index is -0.548. The summed E-state index contributed by atoms with van der Waals surface area (Å²) in [6.45, 7) is 7.58. The third kappa shape index (κ3) is 16.2. The van der Waals surface area contributed by atoms with E-state index in [0.717, 1.165) is 42.7 Å². The summed E-state index contributed by atoms with van der Waals surface area (Å²) >= 11 is 0. The van der Waals surface area contributed by atoms with Gasteiger partial charge in [0.05, 0.1) is 18.8 Å². The van der Waals surface area contributed by atoms with E-state index < -0.39 is 12.2 Å². The van der Waals surface area contributed by atoms with Crippen LogP contribution in [0.1, 0.15) is 152 Å². The number of unbranched alkanes of at least 4 members (excludes halogenated alkanes) is 11. The maximum Gasteiger partial charge on any atom is 0.243 e. The first-order valence-electron chi connectivity index (χ1n) is 19.0. The van der Waals surface area contributed by atoms with Crippen molar-refractivity contribution in [3.63, 3.8) is 0 Å². The van der Waals surface area contributed by atoms with Gasteiger partial charge in [-0.05, 0) is 62.0 Å². The lowest BCUT2D eigenvalue weighted by Gasteiger charge is -2.38. The van der Waals surface area contributed by atoms with Gasteiger partial charge < -0.3 is 24.8 Å². The molecule has 1 saturated heterocycles. The molecule has 4 N–H and O–H groups in total. The van der Waals surface area contributed by atoms with Gasteiger partial charge >= 0.3 is 0 Å². The van der Waals surface area contributed by atoms with Crippen molar-refractivity contribution in [3.05, 3.63) is 65.2 Å². The van der Waals surface area contributed by atoms with Crippen LogP contribution in [0.25, 0.3) is 0 Å². The average molecular weight is 682 g/mol. The second kappa shape index (κ2) is 24.3. The van der Waals surface area contributed by atoms with Gasteiger partial charge in [-0.15, -0.1) is 0 Å². The Labute approximate surface area is 295 Å². The number of hydrogen-bond donors (Lipinski definition) is 4. The third-order valence-electron chi connectivity index (χ3n) is 9.38. The van der Waals surface area contributed by atoms with Crippen LogP contribution in [0.5, 0.6) is 0 Å². The van der Waals surface area contributed by atoms with Gasteiger partial charge in [0.15, 0.2) is 6.29 Å². The molecule has 2 amide bonds. The quantitative estimate of drug-likeness (QED) is 0.0470. The first-order chi connectivity index (χ1) is 23.9. The van der Waals surface area contributed by atoms with Crippen LogP contribution in [0, 0.1) is 0 Å². The van der Waals surface area contributed by atoms with Crippen molar-refractivity contribution in [2.45, 2.75) is 148 Å². The van der Waals surface area contributed by atoms with E-state index in [0.29, 0.717) is 24.9 Å². The number of nitrogens with one attached hydrogen (secondary N) is 2. The summed E-state index contributed by atoms with van der Waals surface area (Å²) in [5.41, 5.74) is 5.15. The molecule has 1 aliphatic heterocycles. The lowest BCUT2D eigenvalue weighted by atomic mass is 9.99. The molecule has 0 radical (unpaired) electrons. The van der Waals surface area contributed by atoms with Crippen LogP contribution in [0.15, 0.2) is 48.5 Å². The van der Waals surface area contributed by atoms with Gasteiger partial charge in [-0.25, -0.2) is 5.48 Å². The zero-order valence-corrected chi connectivity index (χ0v) is 30.2. The van der Waals surface area contributed by atoms with Crippen LogP contribution in [-0.4, -0.2) is 52.8 Å². The maximum absolute atomic E-state index is 12.5. The highest BCUT2D eigenvalue weighted by Gasteiger charge is 2.33. The van der Waals surface area contributed by atoms with E-state index in [-0.39, 0.29) is 31.1 Å². The SMILES string of the molecule is CCCCCCCCN(CCCCCCCC)CC1CC(c2ccc(CO)cc2)OC(c2ccc(NC(=O)CCCCC(=O)NO)cc2)O1. The molecule has 49 heavy (non-hydrogen) atoms. The second-order valence-electron chi connectivity index (χ2n) is 13.6. The Balaban J connectivity index is 1.67. The number of anilines is 1. The molecule has 0 saturated carbocycles. The van der Waals surface area contributed by atoms with E-state index in [9.17, 15) is 14.7 Å². The molecule has 3 atom stereocenters. The van der Waals surface area contributed by atoms with Crippen molar-refractivity contribution in [2.75, 3.05) is 25.0 Å². The van der Waals surface area contributed by atoms with E-state index in [2.05, 4.69) is 36.2 Å². The predicted octanol–water partition coefficient (Wildman–Crippen LogP) is 8.75. The van der Waals surface area contributed by atoms with Gasteiger partial charge in [0, 0.05) is 37.1 Å². The molecule has 0 aliphatic carbocycles. The summed E-state index contributed by atoms with van der Waals surface area (Å²) in [5.74, 6) is -0.567. The number of rotatable bonds is 25. The number of aliphatic hydroxyl groups is 1. The number of hydrogen-bond acceptors (Lipinski definition) is 7. The molecule has 2 aromatic carbocycles. The number of amides is 2. The summed E-state index contributed by atoms with van der Waals surface area (Å²) in [6.07, 6.45) is 17.0. The summed E-state index contributed by atoms with van der Waals surface area (Å²) in [4.78, 5) is 26.3. The van der Waals surface area contributed by atoms with Gasteiger partial charge in [-0.3, -0.25) is 14.8 Å². The van der Waals surface area contributed by atoms with Crippen molar-refractivity contribution < 1.29 is 29.4 Å². The highest BCUT2D eigenvalue weighted by atomic mass is 16.7. The highest BCUT2D eigenvalue weighted by Crippen LogP contribution is 2.38. The summed E-state index contributed by atoms with van der Waals surface area (Å²) in [7, 11) is 0. The number of aliphatic hydroxyl groups excluding tert-OH is 1. The van der Waals surface area contributed by atoms with E-state index >= 15 is 0 Å². The molecular formula is C40H63N3O6. The molecule has 1 heterocycles. The van der Waals surface area contributed by atoms with Gasteiger partial charge in [0.1, 0.15) is 0 Å². The number of carbonyl (C=O) groups excluding carboxylic acids is 2. The van der Waals surface area contributed by atoms with Crippen molar-refractivity contribution in [1.82, 2.24) is 10.4 Å². The fourth-order valence-corrected chi connectivity index (χ4v) is 6.42. The van der Waals surface area contributed by atoms with Crippen LogP contribution in [-0.2, 0) is 25.7 Å². The van der Waals surface area contributed by atoms with Crippen molar-refractivity contribution >= 4 is 17.5 Å². The van der Waals surface area contributed by atoms with Crippen molar-refractivity contribution in [3.8, 4) is 0 Å². The Morgan fingerprint density at radius 2 is 1.27 bits per heavy atom. The molecule has 3 rings (SSSR count). The maximum atomic E-state index is 12.5. The van der Waals surface area contributed by atoms with E-state index in [1.165, 1.54) is 77.0 Å². The van der Waals surface area contributed by atoms with Crippen LogP contribution >= 0.6 is 0 Å². The summed E-state index contributed by atoms with van der Waals surface area (Å²) < 4.78 is 13.3. The van der Waals surface area contributed by atoms with Crippen LogP contribution in [0.3, 0.4) is 0 Å². The first kappa shape index (κ1) is 40.6. The van der Waals surface area contributed by atoms with Crippen LogP contribution in [0.4, 0.5) is 5.69 Å². The van der Waals surface area contributed by atoms with E-state index in [1.54, 1.807) is 5.48 Å². The Hall–Kier alpha value is -2.82. The Kier molecular flexibility index (Phi) is 20.2. The standard InChI is InChI=1S/C40H63N3O6/c1-3-5-7-9-11-15-27-43(28-16-12-10-8-6-4-2)30-36-29-37(33-21-19-32(31-44)20-22-33)49-40(48-36)34-23-25-35(26-24-34)41-38(45)17-13-14-18-39(46)42-47/h19-26,36-37,40,44,47H,3-18,27-31H2,1-2H3,(H,41,45)(H,42,46). The smallest absolute Gasteiger partial charge is 0.243 e. The molecule has 9 heteroatoms. The largest absolute Gasteiger partial charge is 0.392 e. The van der Waals surface area contributed by atoms with Gasteiger partial charge in [0.25, 0.3) is 0 Å². The topological polar surface area (TPSA) is 120 Å². The Morgan fingerprint density at radius 3 is 1.84 bits per heavy atom. The zero-order valence-electron chi connectivity index (χ0n) is 30.2. The molecule has 9 nitrogen and oxygen atoms in total. The fraction of sp³-hybridized carbons (Fsp3) is 0.650. The normalized spacial score (nSPS) is 17.7. The van der Waals surface area contributed by atoms with Crippen LogP contribution in [0.2, 0.25) is 0 Å². The summed E-state index contributed by atoms with van der Waals surface area (Å²) in [6, 6.07) is 15.7. The lowest BCUT2D eigenvalue weighted by Crippen LogP contribution is -2.40. The molecule has 0 aromatic heterocycles. The monoisotopic (exact) mass is 681 g/mol. The molecule has 2 aromatic rings. The Bertz CT molecular complexity index is 1160. The van der Waals surface area contributed by atoms with Gasteiger partial charge in [-0.2, -0.15) is 0 Å². The molecule has 3 unspecified atom stereocenters. The van der Waals surface area contributed by atoms with E-state index in [4.69, 9.17) is 14.7 Å². The fourth-order valence-electron chi connectivity index (χ4n) is 6.42.